The number of nitrogens with one attached hydrogen (secondary N) is 1. The highest BCUT2D eigenvalue weighted by molar-refractivity contribution is 5.88. The number of hydrogen-bond acceptors (Lipinski definition) is 3. The zero-order valence-electron chi connectivity index (χ0n) is 13.5. The zero-order valence-corrected chi connectivity index (χ0v) is 13.5. The fourth-order valence-electron chi connectivity index (χ4n) is 1.75. The highest BCUT2D eigenvalue weighted by Crippen LogP contribution is 2.20. The minimum atomic E-state index is -0.267. The average molecular weight is 298 g/mol. The summed E-state index contributed by atoms with van der Waals surface area (Å²) >= 11 is 0. The van der Waals surface area contributed by atoms with Crippen LogP contribution in [0.5, 0.6) is 5.75 Å². The molecule has 0 spiro atoms. The highest BCUT2D eigenvalue weighted by atomic mass is 16.5. The Hall–Kier alpha value is -2.36. The normalized spacial score (nSPS) is 12.3. The Morgan fingerprint density at radius 2 is 1.82 bits per heavy atom. The summed E-state index contributed by atoms with van der Waals surface area (Å²) in [4.78, 5) is 11.8. The number of rotatable bonds is 4. The fourth-order valence-corrected chi connectivity index (χ4v) is 1.75. The molecule has 0 unspecified atom stereocenters. The molecule has 1 N–H and O–H groups in total. The van der Waals surface area contributed by atoms with Crippen molar-refractivity contribution in [2.75, 3.05) is 6.61 Å². The largest absolute Gasteiger partial charge is 0.484 e. The number of carbonyl (C=O) groups excluding carboxylic acids is 1. The number of carbonyl (C=O) groups is 1. The van der Waals surface area contributed by atoms with Gasteiger partial charge in [0.05, 0.1) is 0 Å². The summed E-state index contributed by atoms with van der Waals surface area (Å²) in [6.07, 6.45) is 0. The van der Waals surface area contributed by atoms with Crippen LogP contribution in [0.2, 0.25) is 0 Å². The van der Waals surface area contributed by atoms with Gasteiger partial charge in [-0.1, -0.05) is 51.1 Å². The van der Waals surface area contributed by atoms with Gasteiger partial charge in [0, 0.05) is 11.1 Å². The Morgan fingerprint density at radius 3 is 2.50 bits per heavy atom. The number of ether oxygens (including phenoxy) is 1. The lowest BCUT2D eigenvalue weighted by molar-refractivity contribution is -0.123. The van der Waals surface area contributed by atoms with Gasteiger partial charge in [0.25, 0.3) is 5.91 Å². The molecule has 0 aromatic heterocycles. The number of nitrogens with zero attached hydrogens (tertiary/aromatic N) is 1. The van der Waals surface area contributed by atoms with Gasteiger partial charge in [-0.2, -0.15) is 5.10 Å². The van der Waals surface area contributed by atoms with Crippen LogP contribution < -0.4 is 10.2 Å². The van der Waals surface area contributed by atoms with Crippen molar-refractivity contribution < 1.29 is 9.53 Å². The van der Waals surface area contributed by atoms with Gasteiger partial charge in [0.2, 0.25) is 0 Å². The van der Waals surface area contributed by atoms with Crippen molar-refractivity contribution >= 4 is 22.4 Å². The summed E-state index contributed by atoms with van der Waals surface area (Å²) in [5, 5.41) is 6.32. The maximum Gasteiger partial charge on any atom is 0.277 e. The molecule has 0 fully saturated rings. The minimum Gasteiger partial charge on any atom is -0.484 e. The average Bonchev–Trinajstić information content (AvgIpc) is 2.49. The molecule has 0 aliphatic heterocycles. The number of hydrogen-bond donors (Lipinski definition) is 1. The Morgan fingerprint density at radius 1 is 1.14 bits per heavy atom. The smallest absolute Gasteiger partial charge is 0.277 e. The first-order valence-electron chi connectivity index (χ1n) is 7.31. The van der Waals surface area contributed by atoms with E-state index >= 15 is 0 Å². The van der Waals surface area contributed by atoms with Crippen LogP contribution in [0.3, 0.4) is 0 Å². The third kappa shape index (κ3) is 4.32. The SMILES string of the molecule is CC(=NNC(=O)COc1ccc2ccccc2c1)C(C)(C)C. The molecule has 0 aliphatic carbocycles. The van der Waals surface area contributed by atoms with Crippen LogP contribution in [0, 0.1) is 5.41 Å². The molecule has 2 aromatic rings. The predicted octanol–water partition coefficient (Wildman–Crippen LogP) is 3.76. The first kappa shape index (κ1) is 16.0. The molecule has 0 aliphatic rings. The van der Waals surface area contributed by atoms with Gasteiger partial charge < -0.3 is 4.74 Å². The minimum absolute atomic E-state index is 0.0563. The van der Waals surface area contributed by atoms with E-state index in [1.807, 2.05) is 70.2 Å². The maximum atomic E-state index is 11.8. The number of benzene rings is 2. The van der Waals surface area contributed by atoms with E-state index in [1.165, 1.54) is 0 Å². The zero-order chi connectivity index (χ0) is 16.2. The second kappa shape index (κ2) is 6.60. The fraction of sp³-hybridized carbons (Fsp3) is 0.333. The highest BCUT2D eigenvalue weighted by Gasteiger charge is 2.14. The summed E-state index contributed by atoms with van der Waals surface area (Å²) in [7, 11) is 0. The molecule has 116 valence electrons. The molecule has 1 amide bonds. The van der Waals surface area contributed by atoms with E-state index in [-0.39, 0.29) is 17.9 Å². The van der Waals surface area contributed by atoms with Crippen LogP contribution in [-0.2, 0) is 4.79 Å². The van der Waals surface area contributed by atoms with E-state index in [1.54, 1.807) is 0 Å². The molecule has 4 nitrogen and oxygen atoms in total. The first-order chi connectivity index (χ1) is 10.4. The summed E-state index contributed by atoms with van der Waals surface area (Å²) in [6.45, 7) is 7.97. The van der Waals surface area contributed by atoms with Crippen molar-refractivity contribution in [2.24, 2.45) is 10.5 Å². The molecular weight excluding hydrogens is 276 g/mol. The maximum absolute atomic E-state index is 11.8. The van der Waals surface area contributed by atoms with Gasteiger partial charge in [-0.05, 0) is 29.8 Å². The summed E-state index contributed by atoms with van der Waals surface area (Å²) < 4.78 is 5.51. The quantitative estimate of drug-likeness (QED) is 0.690. The Bertz CT molecular complexity index is 700. The molecule has 0 bridgehead atoms. The first-order valence-corrected chi connectivity index (χ1v) is 7.31. The van der Waals surface area contributed by atoms with E-state index in [0.717, 1.165) is 16.5 Å². The topological polar surface area (TPSA) is 50.7 Å². The summed E-state index contributed by atoms with van der Waals surface area (Å²) in [5.74, 6) is 0.405. The Kier molecular flexibility index (Phi) is 4.81. The van der Waals surface area contributed by atoms with Gasteiger partial charge in [0.15, 0.2) is 6.61 Å². The van der Waals surface area contributed by atoms with Crippen molar-refractivity contribution in [3.8, 4) is 5.75 Å². The van der Waals surface area contributed by atoms with Gasteiger partial charge in [0.1, 0.15) is 5.75 Å². The number of hydrazone groups is 1. The van der Waals surface area contributed by atoms with Crippen molar-refractivity contribution in [3.05, 3.63) is 42.5 Å². The number of amides is 1. The molecule has 0 saturated heterocycles. The second-order valence-corrected chi connectivity index (χ2v) is 6.28. The molecule has 0 heterocycles. The van der Waals surface area contributed by atoms with E-state index in [0.29, 0.717) is 5.75 Å². The molecule has 22 heavy (non-hydrogen) atoms. The van der Waals surface area contributed by atoms with Gasteiger partial charge in [-0.3, -0.25) is 4.79 Å². The lowest BCUT2D eigenvalue weighted by Crippen LogP contribution is -2.28. The van der Waals surface area contributed by atoms with Crippen molar-refractivity contribution in [1.82, 2.24) is 5.43 Å². The van der Waals surface area contributed by atoms with Crippen LogP contribution in [0.1, 0.15) is 27.7 Å². The molecule has 0 atom stereocenters. The van der Waals surface area contributed by atoms with E-state index in [9.17, 15) is 4.79 Å². The van der Waals surface area contributed by atoms with Gasteiger partial charge in [-0.15, -0.1) is 0 Å². The Labute approximate surface area is 131 Å². The summed E-state index contributed by atoms with van der Waals surface area (Å²) in [6, 6.07) is 13.8. The Balaban J connectivity index is 1.93. The van der Waals surface area contributed by atoms with Crippen LogP contribution >= 0.6 is 0 Å². The number of fused-ring (bicyclic) bond motifs is 1. The van der Waals surface area contributed by atoms with Gasteiger partial charge in [-0.25, -0.2) is 5.43 Å². The van der Waals surface area contributed by atoms with Crippen LogP contribution in [-0.4, -0.2) is 18.2 Å². The monoisotopic (exact) mass is 298 g/mol. The molecule has 2 aromatic carbocycles. The lowest BCUT2D eigenvalue weighted by atomic mass is 9.91. The van der Waals surface area contributed by atoms with Crippen LogP contribution in [0.4, 0.5) is 0 Å². The predicted molar refractivity (Wildman–Crippen MR) is 90.1 cm³/mol. The van der Waals surface area contributed by atoms with E-state index in [4.69, 9.17) is 4.74 Å². The third-order valence-electron chi connectivity index (χ3n) is 3.52. The van der Waals surface area contributed by atoms with Crippen LogP contribution in [0.15, 0.2) is 47.6 Å². The standard InChI is InChI=1S/C18H22N2O2/c1-13(18(2,3)4)19-20-17(21)12-22-16-10-9-14-7-5-6-8-15(14)11-16/h5-11H,12H2,1-4H3,(H,20,21). The van der Waals surface area contributed by atoms with E-state index in [2.05, 4.69) is 10.5 Å². The van der Waals surface area contributed by atoms with Crippen molar-refractivity contribution in [1.29, 1.82) is 0 Å². The molecule has 0 saturated carbocycles. The van der Waals surface area contributed by atoms with Crippen molar-refractivity contribution in [2.45, 2.75) is 27.7 Å². The van der Waals surface area contributed by atoms with Crippen molar-refractivity contribution in [3.63, 3.8) is 0 Å². The molecule has 4 heteroatoms. The molecule has 0 radical (unpaired) electrons. The summed E-state index contributed by atoms with van der Waals surface area (Å²) in [5.41, 5.74) is 3.32. The lowest BCUT2D eigenvalue weighted by Gasteiger charge is -2.17. The molecular formula is C18H22N2O2. The molecule has 2 rings (SSSR count). The van der Waals surface area contributed by atoms with Gasteiger partial charge >= 0.3 is 0 Å². The third-order valence-corrected chi connectivity index (χ3v) is 3.52. The second-order valence-electron chi connectivity index (χ2n) is 6.28. The van der Waals surface area contributed by atoms with E-state index < -0.39 is 0 Å². The van der Waals surface area contributed by atoms with Crippen LogP contribution in [0.25, 0.3) is 10.8 Å².